The molecule has 0 aliphatic carbocycles. The molecule has 2 aliphatic heterocycles. The molecule has 2 aliphatic rings. The second-order valence-electron chi connectivity index (χ2n) is 9.39. The summed E-state index contributed by atoms with van der Waals surface area (Å²) in [5, 5.41) is 0. The van der Waals surface area contributed by atoms with Gasteiger partial charge < -0.3 is 4.74 Å². The third-order valence-electron chi connectivity index (χ3n) is 6.76. The van der Waals surface area contributed by atoms with E-state index in [0.717, 1.165) is 24.1 Å². The molecular formula is C29H32N2O3. The van der Waals surface area contributed by atoms with Gasteiger partial charge in [0.25, 0.3) is 5.91 Å². The van der Waals surface area contributed by atoms with Gasteiger partial charge >= 0.3 is 5.97 Å². The highest BCUT2D eigenvalue weighted by Crippen LogP contribution is 2.52. The summed E-state index contributed by atoms with van der Waals surface area (Å²) in [7, 11) is 1.37. The molecule has 1 fully saturated rings. The minimum Gasteiger partial charge on any atom is -0.467 e. The number of methoxy groups -OCH3 is 1. The number of likely N-dealkylation sites (tertiary alicyclic amines) is 1. The van der Waals surface area contributed by atoms with E-state index in [1.54, 1.807) is 17.0 Å². The quantitative estimate of drug-likeness (QED) is 0.371. The van der Waals surface area contributed by atoms with Crippen LogP contribution in [-0.2, 0) is 14.9 Å². The molecule has 5 nitrogen and oxygen atoms in total. The lowest BCUT2D eigenvalue weighted by molar-refractivity contribution is -0.144. The molecule has 0 radical (unpaired) electrons. The predicted molar refractivity (Wildman–Crippen MR) is 135 cm³/mol. The van der Waals surface area contributed by atoms with Crippen LogP contribution in [-0.4, -0.2) is 35.8 Å². The van der Waals surface area contributed by atoms with Crippen molar-refractivity contribution in [2.45, 2.75) is 57.9 Å². The third kappa shape index (κ3) is 4.35. The van der Waals surface area contributed by atoms with Crippen LogP contribution in [0.5, 0.6) is 0 Å². The summed E-state index contributed by atoms with van der Waals surface area (Å²) in [6, 6.07) is 16.4. The first-order valence-corrected chi connectivity index (χ1v) is 11.8. The number of hydrogen-bond acceptors (Lipinski definition) is 4. The number of nitrogens with zero attached hydrogens (tertiary/aromatic N) is 2. The standard InChI is InChI=1S/C29H32N2O3/c1-20(2)11-10-12-21(3)17-18-29-19-25(27(33)34-4)31(26(32)22-13-6-5-7-14-22)28(29)30-24-16-9-8-15-23(24)29/h5-9,11,13-17,25H,10,12,18-19H2,1-4H3/b21-17+/t25-,29+/m0/s1. The number of aliphatic imine (C=N–C) groups is 1. The number of amidine groups is 1. The highest BCUT2D eigenvalue weighted by Gasteiger charge is 2.58. The largest absolute Gasteiger partial charge is 0.467 e. The molecule has 1 amide bonds. The number of esters is 1. The monoisotopic (exact) mass is 456 g/mol. The van der Waals surface area contributed by atoms with Gasteiger partial charge in [0, 0.05) is 5.56 Å². The zero-order chi connectivity index (χ0) is 24.3. The van der Waals surface area contributed by atoms with Gasteiger partial charge in [0.1, 0.15) is 11.9 Å². The van der Waals surface area contributed by atoms with Crippen LogP contribution >= 0.6 is 0 Å². The van der Waals surface area contributed by atoms with Gasteiger partial charge in [0.05, 0.1) is 18.2 Å². The van der Waals surface area contributed by atoms with Crippen LogP contribution in [0.1, 0.15) is 62.4 Å². The molecule has 0 saturated carbocycles. The molecular weight excluding hydrogens is 424 g/mol. The fourth-order valence-corrected chi connectivity index (χ4v) is 4.98. The third-order valence-corrected chi connectivity index (χ3v) is 6.76. The fraction of sp³-hybridized carbons (Fsp3) is 0.345. The van der Waals surface area contributed by atoms with E-state index in [2.05, 4.69) is 39.0 Å². The summed E-state index contributed by atoms with van der Waals surface area (Å²) in [6.45, 7) is 6.37. The van der Waals surface area contributed by atoms with E-state index in [0.29, 0.717) is 24.2 Å². The molecule has 0 spiro atoms. The smallest absolute Gasteiger partial charge is 0.329 e. The SMILES string of the molecule is COC(=O)[C@@H]1C[C@@]2(C/C=C(\C)CCC=C(C)C)C(=Nc3ccccc32)N1C(=O)c1ccccc1. The second kappa shape index (κ2) is 9.80. The van der Waals surface area contributed by atoms with Crippen LogP contribution < -0.4 is 0 Å². The first kappa shape index (κ1) is 23.7. The van der Waals surface area contributed by atoms with Crippen molar-refractivity contribution in [3.05, 3.63) is 89.0 Å². The number of carbonyl (C=O) groups excluding carboxylic acids is 2. The Bertz CT molecular complexity index is 1170. The Morgan fingerprint density at radius 1 is 1.06 bits per heavy atom. The summed E-state index contributed by atoms with van der Waals surface area (Å²) >= 11 is 0. The van der Waals surface area contributed by atoms with E-state index in [1.165, 1.54) is 18.3 Å². The van der Waals surface area contributed by atoms with Gasteiger partial charge in [-0.05, 0) is 70.2 Å². The average molecular weight is 457 g/mol. The molecule has 4 rings (SSSR count). The number of amides is 1. The van der Waals surface area contributed by atoms with Crippen LogP contribution in [0.25, 0.3) is 0 Å². The Morgan fingerprint density at radius 3 is 2.47 bits per heavy atom. The summed E-state index contributed by atoms with van der Waals surface area (Å²) in [6.07, 6.45) is 7.60. The van der Waals surface area contributed by atoms with Gasteiger partial charge in [0.2, 0.25) is 0 Å². The van der Waals surface area contributed by atoms with Gasteiger partial charge in [-0.2, -0.15) is 0 Å². The lowest BCUT2D eigenvalue weighted by Crippen LogP contribution is -2.44. The van der Waals surface area contributed by atoms with Crippen molar-refractivity contribution in [3.8, 4) is 0 Å². The number of rotatable bonds is 7. The lowest BCUT2D eigenvalue weighted by atomic mass is 9.75. The van der Waals surface area contributed by atoms with Crippen LogP contribution in [0.3, 0.4) is 0 Å². The molecule has 5 heteroatoms. The number of carbonyl (C=O) groups is 2. The number of fused-ring (bicyclic) bond motifs is 3. The van der Waals surface area contributed by atoms with Crippen molar-refractivity contribution in [2.24, 2.45) is 4.99 Å². The zero-order valence-electron chi connectivity index (χ0n) is 20.4. The number of benzene rings is 2. The number of ether oxygens (including phenoxy) is 1. The molecule has 2 atom stereocenters. The molecule has 34 heavy (non-hydrogen) atoms. The summed E-state index contributed by atoms with van der Waals surface area (Å²) in [4.78, 5) is 33.1. The van der Waals surface area contributed by atoms with E-state index in [4.69, 9.17) is 9.73 Å². The first-order valence-electron chi connectivity index (χ1n) is 11.8. The van der Waals surface area contributed by atoms with Crippen molar-refractivity contribution in [1.82, 2.24) is 4.90 Å². The van der Waals surface area contributed by atoms with E-state index < -0.39 is 17.4 Å². The van der Waals surface area contributed by atoms with Crippen molar-refractivity contribution in [2.75, 3.05) is 7.11 Å². The van der Waals surface area contributed by atoms with Crippen LogP contribution in [0.2, 0.25) is 0 Å². The number of hydrogen-bond donors (Lipinski definition) is 0. The summed E-state index contributed by atoms with van der Waals surface area (Å²) in [5.74, 6) is 0.00230. The molecule has 2 aromatic rings. The van der Waals surface area contributed by atoms with Crippen LogP contribution in [0, 0.1) is 0 Å². The summed E-state index contributed by atoms with van der Waals surface area (Å²) in [5.41, 5.74) is 4.52. The Kier molecular flexibility index (Phi) is 6.82. The fourth-order valence-electron chi connectivity index (χ4n) is 4.98. The van der Waals surface area contributed by atoms with E-state index in [-0.39, 0.29) is 5.91 Å². The maximum absolute atomic E-state index is 13.7. The average Bonchev–Trinajstić information content (AvgIpc) is 3.33. The van der Waals surface area contributed by atoms with Crippen molar-refractivity contribution in [1.29, 1.82) is 0 Å². The van der Waals surface area contributed by atoms with Gasteiger partial charge in [0.15, 0.2) is 0 Å². The van der Waals surface area contributed by atoms with Crippen LogP contribution in [0.4, 0.5) is 5.69 Å². The number of allylic oxidation sites excluding steroid dienone is 4. The molecule has 0 unspecified atom stereocenters. The van der Waals surface area contributed by atoms with Gasteiger partial charge in [-0.3, -0.25) is 9.69 Å². The molecule has 2 aromatic carbocycles. The lowest BCUT2D eigenvalue weighted by Gasteiger charge is -2.26. The minimum absolute atomic E-state index is 0.228. The van der Waals surface area contributed by atoms with Crippen molar-refractivity contribution in [3.63, 3.8) is 0 Å². The zero-order valence-corrected chi connectivity index (χ0v) is 20.4. The molecule has 2 heterocycles. The van der Waals surface area contributed by atoms with Gasteiger partial charge in [-0.15, -0.1) is 0 Å². The van der Waals surface area contributed by atoms with Crippen molar-refractivity contribution >= 4 is 23.4 Å². The van der Waals surface area contributed by atoms with E-state index in [1.807, 2.05) is 36.4 Å². The van der Waals surface area contributed by atoms with Crippen molar-refractivity contribution < 1.29 is 14.3 Å². The Labute approximate surface area is 201 Å². The highest BCUT2D eigenvalue weighted by molar-refractivity contribution is 6.16. The van der Waals surface area contributed by atoms with Gasteiger partial charge in [-0.25, -0.2) is 9.79 Å². The molecule has 176 valence electrons. The molecule has 0 aromatic heterocycles. The predicted octanol–water partition coefficient (Wildman–Crippen LogP) is 6.14. The first-order chi connectivity index (χ1) is 16.4. The van der Waals surface area contributed by atoms with E-state index >= 15 is 0 Å². The molecule has 1 saturated heterocycles. The normalized spacial score (nSPS) is 20.9. The van der Waals surface area contributed by atoms with E-state index in [9.17, 15) is 9.59 Å². The Hall–Kier alpha value is -3.47. The van der Waals surface area contributed by atoms with Gasteiger partial charge in [-0.1, -0.05) is 59.7 Å². The maximum atomic E-state index is 13.7. The highest BCUT2D eigenvalue weighted by atomic mass is 16.5. The Morgan fingerprint density at radius 2 is 1.76 bits per heavy atom. The Balaban J connectivity index is 1.75. The molecule has 0 N–H and O–H groups in total. The topological polar surface area (TPSA) is 59.0 Å². The van der Waals surface area contributed by atoms with Crippen LogP contribution in [0.15, 0.2) is 82.9 Å². The summed E-state index contributed by atoms with van der Waals surface area (Å²) < 4.78 is 5.14. The minimum atomic E-state index is -0.718. The second-order valence-corrected chi connectivity index (χ2v) is 9.39. The maximum Gasteiger partial charge on any atom is 0.329 e. The molecule has 0 bridgehead atoms. The number of para-hydroxylation sites is 1.